The van der Waals surface area contributed by atoms with E-state index in [0.717, 1.165) is 0 Å². The van der Waals surface area contributed by atoms with E-state index < -0.39 is 8.56 Å². The van der Waals surface area contributed by atoms with Gasteiger partial charge >= 0.3 is 8.56 Å². The molecule has 5 N–H and O–H groups in total. The van der Waals surface area contributed by atoms with Crippen LogP contribution in [-0.4, -0.2) is 36.4 Å². The van der Waals surface area contributed by atoms with Gasteiger partial charge in [0.25, 0.3) is 0 Å². The third-order valence-corrected chi connectivity index (χ3v) is 3.17. The molecule has 0 atom stereocenters. The summed E-state index contributed by atoms with van der Waals surface area (Å²) in [7, 11) is -3.08. The second-order valence-electron chi connectivity index (χ2n) is 1.99. The monoisotopic (exact) mass is 151 g/mol. The fourth-order valence-electron chi connectivity index (χ4n) is 0.535. The molecule has 56 valence electrons. The molecule has 0 bridgehead atoms. The van der Waals surface area contributed by atoms with Crippen molar-refractivity contribution < 1.29 is 14.7 Å². The molecule has 0 radical (unpaired) electrons. The molecule has 4 nitrogen and oxygen atoms in total. The van der Waals surface area contributed by atoms with Crippen LogP contribution in [0.25, 0.3) is 0 Å². The number of hydrogen-bond donors (Lipinski definition) is 4. The lowest BCUT2D eigenvalue weighted by Crippen LogP contribution is -2.37. The summed E-state index contributed by atoms with van der Waals surface area (Å²) in [6.45, 7) is 0.110. The van der Waals surface area contributed by atoms with Crippen LogP contribution in [0.3, 0.4) is 0 Å². The van der Waals surface area contributed by atoms with Gasteiger partial charge in [-0.05, 0) is 6.54 Å². The number of aliphatic hydroxyl groups is 1. The first kappa shape index (κ1) is 9.06. The quantitative estimate of drug-likeness (QED) is 0.363. The zero-order valence-corrected chi connectivity index (χ0v) is 6.25. The molecular formula is C4H13NO3Si. The van der Waals surface area contributed by atoms with E-state index in [1.807, 2.05) is 0 Å². The van der Waals surface area contributed by atoms with E-state index in [2.05, 4.69) is 0 Å². The zero-order chi connectivity index (χ0) is 7.33. The molecule has 5 heteroatoms. The normalized spacial score (nSPS) is 12.0. The van der Waals surface area contributed by atoms with Crippen LogP contribution in [0.5, 0.6) is 0 Å². The average molecular weight is 151 g/mol. The van der Waals surface area contributed by atoms with Crippen molar-refractivity contribution in [3.63, 3.8) is 0 Å². The van der Waals surface area contributed by atoms with Crippen LogP contribution in [0.4, 0.5) is 0 Å². The fourth-order valence-corrected chi connectivity index (χ4v) is 1.61. The summed E-state index contributed by atoms with van der Waals surface area (Å²) in [6.07, 6.45) is 0. The van der Waals surface area contributed by atoms with Gasteiger partial charge in [0.2, 0.25) is 0 Å². The summed E-state index contributed by atoms with van der Waals surface area (Å²) in [4.78, 5) is 17.9. The maximum atomic E-state index is 8.97. The Balaban J connectivity index is 3.43. The number of aliphatic hydroxyl groups excluding tert-OH is 1. The Morgan fingerprint density at radius 3 is 2.11 bits per heavy atom. The summed E-state index contributed by atoms with van der Waals surface area (Å²) >= 11 is 0. The summed E-state index contributed by atoms with van der Waals surface area (Å²) in [5, 5.41) is 8.30. The van der Waals surface area contributed by atoms with Crippen LogP contribution in [0, 0.1) is 0 Å². The van der Waals surface area contributed by atoms with Gasteiger partial charge in [0.1, 0.15) is 0 Å². The van der Waals surface area contributed by atoms with Gasteiger partial charge in [-0.3, -0.25) is 0 Å². The molecule has 0 saturated carbocycles. The summed E-state index contributed by atoms with van der Waals surface area (Å²) in [6, 6.07) is 0.345. The SMILES string of the molecule is NCC[Si](O)(O)CCO. The predicted octanol–water partition coefficient (Wildman–Crippen LogP) is -1.64. The van der Waals surface area contributed by atoms with Crippen LogP contribution in [-0.2, 0) is 0 Å². The third kappa shape index (κ3) is 4.55. The van der Waals surface area contributed by atoms with Gasteiger partial charge in [-0.25, -0.2) is 0 Å². The molecule has 0 aliphatic rings. The van der Waals surface area contributed by atoms with Crippen molar-refractivity contribution in [2.45, 2.75) is 12.1 Å². The minimum atomic E-state index is -3.08. The van der Waals surface area contributed by atoms with Crippen molar-refractivity contribution in [2.75, 3.05) is 13.2 Å². The molecule has 0 saturated heterocycles. The minimum Gasteiger partial charge on any atom is -0.411 e. The van der Waals surface area contributed by atoms with Crippen molar-refractivity contribution >= 4 is 8.56 Å². The Morgan fingerprint density at radius 2 is 1.78 bits per heavy atom. The molecule has 0 rings (SSSR count). The summed E-state index contributed by atoms with van der Waals surface area (Å²) in [5.41, 5.74) is 5.08. The first-order valence-electron chi connectivity index (χ1n) is 2.88. The molecule has 0 aromatic rings. The molecule has 0 aromatic carbocycles. The number of rotatable bonds is 4. The molecule has 0 spiro atoms. The zero-order valence-electron chi connectivity index (χ0n) is 5.25. The maximum absolute atomic E-state index is 8.97. The second-order valence-corrected chi connectivity index (χ2v) is 4.96. The topological polar surface area (TPSA) is 86.7 Å². The Morgan fingerprint density at radius 1 is 1.22 bits per heavy atom. The van der Waals surface area contributed by atoms with Gasteiger partial charge in [-0.1, -0.05) is 0 Å². The predicted molar refractivity (Wildman–Crippen MR) is 35.9 cm³/mol. The highest BCUT2D eigenvalue weighted by molar-refractivity contribution is 6.64. The summed E-state index contributed by atoms with van der Waals surface area (Å²) < 4.78 is 0. The highest BCUT2D eigenvalue weighted by Gasteiger charge is 2.26. The van der Waals surface area contributed by atoms with E-state index in [1.165, 1.54) is 0 Å². The van der Waals surface area contributed by atoms with Gasteiger partial charge in [0.05, 0.1) is 0 Å². The van der Waals surface area contributed by atoms with Crippen LogP contribution in [0.2, 0.25) is 12.1 Å². The van der Waals surface area contributed by atoms with Crippen LogP contribution in [0.15, 0.2) is 0 Å². The first-order valence-corrected chi connectivity index (χ1v) is 5.19. The molecule has 0 aromatic heterocycles. The van der Waals surface area contributed by atoms with Crippen LogP contribution in [0.1, 0.15) is 0 Å². The van der Waals surface area contributed by atoms with Gasteiger partial charge in [-0.15, -0.1) is 0 Å². The lowest BCUT2D eigenvalue weighted by Gasteiger charge is -2.14. The molecule has 9 heavy (non-hydrogen) atoms. The average Bonchev–Trinajstić information content (AvgIpc) is 1.64. The molecule has 0 fully saturated rings. The highest BCUT2D eigenvalue weighted by Crippen LogP contribution is 2.04. The lowest BCUT2D eigenvalue weighted by molar-refractivity contribution is 0.284. The van der Waals surface area contributed by atoms with Crippen molar-refractivity contribution in [2.24, 2.45) is 5.73 Å². The van der Waals surface area contributed by atoms with Crippen molar-refractivity contribution in [1.82, 2.24) is 0 Å². The standard InChI is InChI=1S/C4H13NO3Si/c5-1-3-9(7,8)4-2-6/h6-8H,1-5H2. The molecule has 0 unspecified atom stereocenters. The smallest absolute Gasteiger partial charge is 0.336 e. The van der Waals surface area contributed by atoms with E-state index in [-0.39, 0.29) is 25.2 Å². The van der Waals surface area contributed by atoms with E-state index in [0.29, 0.717) is 0 Å². The van der Waals surface area contributed by atoms with Crippen LogP contribution < -0.4 is 5.73 Å². The Kier molecular flexibility index (Phi) is 3.99. The Hall–Kier alpha value is 0.0569. The van der Waals surface area contributed by atoms with Gasteiger partial charge in [0.15, 0.2) is 0 Å². The maximum Gasteiger partial charge on any atom is 0.336 e. The summed E-state index contributed by atoms with van der Waals surface area (Å²) in [5.74, 6) is 0. The highest BCUT2D eigenvalue weighted by atomic mass is 28.4. The second kappa shape index (κ2) is 3.97. The third-order valence-electron chi connectivity index (χ3n) is 1.06. The van der Waals surface area contributed by atoms with E-state index in [9.17, 15) is 0 Å². The lowest BCUT2D eigenvalue weighted by atomic mass is 10.8. The molecule has 0 aliphatic carbocycles. The van der Waals surface area contributed by atoms with E-state index in [1.54, 1.807) is 0 Å². The van der Waals surface area contributed by atoms with Crippen molar-refractivity contribution in [3.05, 3.63) is 0 Å². The number of hydrogen-bond acceptors (Lipinski definition) is 4. The van der Waals surface area contributed by atoms with E-state index in [4.69, 9.17) is 20.4 Å². The van der Waals surface area contributed by atoms with Crippen molar-refractivity contribution in [1.29, 1.82) is 0 Å². The van der Waals surface area contributed by atoms with Crippen LogP contribution >= 0.6 is 0 Å². The first-order chi connectivity index (χ1) is 4.12. The molecule has 0 heterocycles. The Bertz CT molecular complexity index is 70.2. The molecular weight excluding hydrogens is 138 g/mol. The Labute approximate surface area is 55.2 Å². The van der Waals surface area contributed by atoms with E-state index >= 15 is 0 Å². The van der Waals surface area contributed by atoms with Gasteiger partial charge < -0.3 is 20.4 Å². The van der Waals surface area contributed by atoms with Crippen molar-refractivity contribution in [3.8, 4) is 0 Å². The molecule has 0 amide bonds. The minimum absolute atomic E-state index is 0.101. The fraction of sp³-hybridized carbons (Fsp3) is 1.00. The van der Waals surface area contributed by atoms with Gasteiger partial charge in [0, 0.05) is 18.7 Å². The largest absolute Gasteiger partial charge is 0.411 e. The van der Waals surface area contributed by atoms with Gasteiger partial charge in [-0.2, -0.15) is 0 Å². The number of nitrogens with two attached hydrogens (primary N) is 1. The molecule has 0 aliphatic heterocycles.